The summed E-state index contributed by atoms with van der Waals surface area (Å²) in [7, 11) is 0. The zero-order chi connectivity index (χ0) is 30.4. The fourth-order valence-electron chi connectivity index (χ4n) is 4.04. The second-order valence-corrected chi connectivity index (χ2v) is 11.1. The highest BCUT2D eigenvalue weighted by Gasteiger charge is 2.57. The van der Waals surface area contributed by atoms with Crippen molar-refractivity contribution in [3.05, 3.63) is 29.3 Å². The third kappa shape index (κ3) is 8.72. The first-order valence-corrected chi connectivity index (χ1v) is 13.1. The highest BCUT2D eigenvalue weighted by atomic mass is 19.4. The molecule has 0 saturated carbocycles. The van der Waals surface area contributed by atoms with Crippen LogP contribution in [0, 0.1) is 0 Å². The number of hydrogen-bond acceptors (Lipinski definition) is 7. The van der Waals surface area contributed by atoms with Gasteiger partial charge in [-0.15, -0.1) is 0 Å². The van der Waals surface area contributed by atoms with Gasteiger partial charge in [0.1, 0.15) is 29.2 Å². The van der Waals surface area contributed by atoms with Crippen molar-refractivity contribution in [2.24, 2.45) is 0 Å². The number of carbonyl (C=O) groups excluding carboxylic acids is 3. The number of alkyl halides is 3. The predicted octanol–water partition coefficient (Wildman–Crippen LogP) is 4.81. The SMILES string of the molecule is CCCCCOCCOc1ccc(C(=O)NNC(=O)[C@]2(C)COC(C)(C)N2C(=O)OC(C)(C)C)cc1C(F)(F)F. The number of rotatable bonds is 10. The van der Waals surface area contributed by atoms with Crippen molar-refractivity contribution in [3.8, 4) is 5.75 Å². The summed E-state index contributed by atoms with van der Waals surface area (Å²) in [5, 5.41) is 0. The molecule has 1 aliphatic heterocycles. The Morgan fingerprint density at radius 2 is 1.70 bits per heavy atom. The van der Waals surface area contributed by atoms with Crippen molar-refractivity contribution >= 4 is 17.9 Å². The van der Waals surface area contributed by atoms with E-state index in [4.69, 9.17) is 18.9 Å². The first-order valence-electron chi connectivity index (χ1n) is 13.1. The van der Waals surface area contributed by atoms with Crippen molar-refractivity contribution in [1.29, 1.82) is 0 Å². The van der Waals surface area contributed by atoms with Gasteiger partial charge >= 0.3 is 12.3 Å². The molecule has 1 heterocycles. The molecule has 1 atom stereocenters. The van der Waals surface area contributed by atoms with Crippen LogP contribution in [0.5, 0.6) is 5.75 Å². The Bertz CT molecular complexity index is 1060. The highest BCUT2D eigenvalue weighted by molar-refractivity contribution is 5.97. The van der Waals surface area contributed by atoms with E-state index in [9.17, 15) is 27.6 Å². The Labute approximate surface area is 232 Å². The maximum Gasteiger partial charge on any atom is 0.419 e. The van der Waals surface area contributed by atoms with Crippen LogP contribution in [0.4, 0.5) is 18.0 Å². The number of halogens is 3. The summed E-state index contributed by atoms with van der Waals surface area (Å²) in [5.41, 5.74) is -0.872. The summed E-state index contributed by atoms with van der Waals surface area (Å²) in [6.07, 6.45) is -2.74. The number of unbranched alkanes of at least 4 members (excludes halogenated alkanes) is 2. The van der Waals surface area contributed by atoms with Crippen LogP contribution in [0.25, 0.3) is 0 Å². The lowest BCUT2D eigenvalue weighted by atomic mass is 10.0. The lowest BCUT2D eigenvalue weighted by Crippen LogP contribution is -2.63. The number of nitrogens with zero attached hydrogens (tertiary/aromatic N) is 1. The maximum atomic E-state index is 13.7. The summed E-state index contributed by atoms with van der Waals surface area (Å²) in [4.78, 5) is 39.8. The topological polar surface area (TPSA) is 115 Å². The number of carbonyl (C=O) groups is 3. The van der Waals surface area contributed by atoms with Crippen LogP contribution in [0.1, 0.15) is 83.7 Å². The molecule has 3 amide bonds. The standard InChI is InChI=1S/C27H40F3N3O7/c1-8-9-10-13-37-14-15-38-20-12-11-18(16-19(20)27(28,29)30)21(34)31-32-22(35)26(7)17-39-25(5,6)33(26)23(36)40-24(2,3)4/h11-12,16H,8-10,13-15,17H2,1-7H3,(H,31,34)(H,32,35)/t26-/m0/s1. The molecule has 13 heteroatoms. The Hall–Kier alpha value is -3.06. The second kappa shape index (κ2) is 13.1. The molecule has 0 radical (unpaired) electrons. The van der Waals surface area contributed by atoms with Crippen LogP contribution < -0.4 is 15.6 Å². The van der Waals surface area contributed by atoms with Gasteiger partial charge < -0.3 is 18.9 Å². The van der Waals surface area contributed by atoms with Gasteiger partial charge in [-0.1, -0.05) is 19.8 Å². The largest absolute Gasteiger partial charge is 0.491 e. The van der Waals surface area contributed by atoms with Gasteiger partial charge in [0.25, 0.3) is 11.8 Å². The van der Waals surface area contributed by atoms with E-state index in [0.29, 0.717) is 12.7 Å². The van der Waals surface area contributed by atoms with Crippen LogP contribution in [0.15, 0.2) is 18.2 Å². The van der Waals surface area contributed by atoms with Crippen LogP contribution in [0.3, 0.4) is 0 Å². The highest BCUT2D eigenvalue weighted by Crippen LogP contribution is 2.38. The molecule has 226 valence electrons. The predicted molar refractivity (Wildman–Crippen MR) is 139 cm³/mol. The summed E-state index contributed by atoms with van der Waals surface area (Å²) in [5.74, 6) is -2.28. The van der Waals surface area contributed by atoms with E-state index in [-0.39, 0.29) is 25.4 Å². The zero-order valence-electron chi connectivity index (χ0n) is 24.1. The summed E-state index contributed by atoms with van der Waals surface area (Å²) >= 11 is 0. The molecule has 1 aliphatic rings. The quantitative estimate of drug-likeness (QED) is 0.304. The molecule has 0 unspecified atom stereocenters. The Morgan fingerprint density at radius 1 is 1.02 bits per heavy atom. The molecular weight excluding hydrogens is 535 g/mol. The number of nitrogens with one attached hydrogen (secondary N) is 2. The van der Waals surface area contributed by atoms with E-state index >= 15 is 0 Å². The lowest BCUT2D eigenvalue weighted by Gasteiger charge is -2.39. The molecule has 2 N–H and O–H groups in total. The van der Waals surface area contributed by atoms with Crippen molar-refractivity contribution < 1.29 is 46.5 Å². The average molecular weight is 576 g/mol. The van der Waals surface area contributed by atoms with E-state index in [2.05, 4.69) is 10.9 Å². The van der Waals surface area contributed by atoms with Crippen molar-refractivity contribution in [3.63, 3.8) is 0 Å². The average Bonchev–Trinajstić information content (AvgIpc) is 3.09. The minimum Gasteiger partial charge on any atom is -0.491 e. The second-order valence-electron chi connectivity index (χ2n) is 11.1. The molecule has 1 aromatic carbocycles. The molecule has 1 aromatic rings. The molecule has 0 aliphatic carbocycles. The number of ether oxygens (including phenoxy) is 4. The molecule has 40 heavy (non-hydrogen) atoms. The van der Waals surface area contributed by atoms with Gasteiger partial charge in [0.2, 0.25) is 0 Å². The first kappa shape index (κ1) is 33.1. The third-order valence-electron chi connectivity index (χ3n) is 6.02. The third-order valence-corrected chi connectivity index (χ3v) is 6.02. The van der Waals surface area contributed by atoms with E-state index in [1.807, 2.05) is 6.92 Å². The molecule has 2 rings (SSSR count). The fourth-order valence-corrected chi connectivity index (χ4v) is 4.04. The lowest BCUT2D eigenvalue weighted by molar-refractivity contribution is -0.139. The monoisotopic (exact) mass is 575 g/mol. The molecule has 0 spiro atoms. The molecule has 10 nitrogen and oxygen atoms in total. The Balaban J connectivity index is 2.09. The minimum atomic E-state index is -4.80. The van der Waals surface area contributed by atoms with Gasteiger partial charge in [-0.05, 0) is 66.2 Å². The van der Waals surface area contributed by atoms with Crippen molar-refractivity contribution in [2.45, 2.75) is 90.8 Å². The van der Waals surface area contributed by atoms with Crippen LogP contribution in [-0.2, 0) is 25.2 Å². The molecule has 0 aromatic heterocycles. The van der Waals surface area contributed by atoms with Gasteiger partial charge in [-0.3, -0.25) is 25.3 Å². The molecular formula is C27H40F3N3O7. The summed E-state index contributed by atoms with van der Waals surface area (Å²) in [6.45, 7) is 11.9. The molecule has 0 bridgehead atoms. The van der Waals surface area contributed by atoms with Gasteiger partial charge in [-0.2, -0.15) is 13.2 Å². The van der Waals surface area contributed by atoms with Crippen LogP contribution in [0.2, 0.25) is 0 Å². The van der Waals surface area contributed by atoms with Crippen molar-refractivity contribution in [2.75, 3.05) is 26.4 Å². The smallest absolute Gasteiger partial charge is 0.419 e. The van der Waals surface area contributed by atoms with Crippen molar-refractivity contribution in [1.82, 2.24) is 15.8 Å². The van der Waals surface area contributed by atoms with Crippen LogP contribution >= 0.6 is 0 Å². The Kier molecular flexibility index (Phi) is 10.8. The van der Waals surface area contributed by atoms with Gasteiger partial charge in [-0.25, -0.2) is 4.79 Å². The number of amides is 3. The maximum absolute atomic E-state index is 13.7. The molecule has 1 fully saturated rings. The zero-order valence-corrected chi connectivity index (χ0v) is 24.1. The normalized spacial score (nSPS) is 18.8. The van der Waals surface area contributed by atoms with Gasteiger partial charge in [0.05, 0.1) is 18.8 Å². The number of hydrazine groups is 1. The fraction of sp³-hybridized carbons (Fsp3) is 0.667. The first-order chi connectivity index (χ1) is 18.4. The summed E-state index contributed by atoms with van der Waals surface area (Å²) in [6, 6.07) is 2.82. The van der Waals surface area contributed by atoms with Gasteiger partial charge in [0, 0.05) is 12.2 Å². The van der Waals surface area contributed by atoms with Crippen LogP contribution in [-0.4, -0.2) is 66.1 Å². The number of hydrogen-bond donors (Lipinski definition) is 2. The minimum absolute atomic E-state index is 0.0953. The van der Waals surface area contributed by atoms with Gasteiger partial charge in [0.15, 0.2) is 0 Å². The van der Waals surface area contributed by atoms with E-state index in [1.54, 1.807) is 34.6 Å². The van der Waals surface area contributed by atoms with E-state index in [0.717, 1.165) is 36.3 Å². The molecule has 1 saturated heterocycles. The summed E-state index contributed by atoms with van der Waals surface area (Å²) < 4.78 is 62.8. The Morgan fingerprint density at radius 3 is 2.30 bits per heavy atom. The number of benzene rings is 1. The van der Waals surface area contributed by atoms with E-state index in [1.165, 1.54) is 6.92 Å². The van der Waals surface area contributed by atoms with E-state index < -0.39 is 52.3 Å².